The minimum atomic E-state index is -1.23. The molecule has 8 heteroatoms. The van der Waals surface area contributed by atoms with Crippen LogP contribution in [0.1, 0.15) is 79.6 Å². The molecule has 212 valence electrons. The number of rotatable bonds is 7. The van der Waals surface area contributed by atoms with E-state index in [4.69, 9.17) is 9.47 Å². The highest BCUT2D eigenvalue weighted by atomic mass is 16.6. The van der Waals surface area contributed by atoms with E-state index in [1.54, 1.807) is 4.90 Å². The molecular formula is C30H46N2O6. The van der Waals surface area contributed by atoms with E-state index in [9.17, 15) is 19.5 Å². The number of aliphatic hydroxyl groups excluding tert-OH is 1. The molecule has 4 rings (SSSR count). The highest BCUT2D eigenvalue weighted by Gasteiger charge is 2.72. The molecule has 0 radical (unpaired) electrons. The lowest BCUT2D eigenvalue weighted by Gasteiger charge is -2.44. The number of allylic oxidation sites excluding steroid dienone is 1. The maximum atomic E-state index is 14.5. The molecule has 2 saturated heterocycles. The van der Waals surface area contributed by atoms with Crippen molar-refractivity contribution in [1.82, 2.24) is 9.80 Å². The maximum Gasteiger partial charge on any atom is 0.312 e. The molecule has 4 aliphatic rings. The lowest BCUT2D eigenvalue weighted by molar-refractivity contribution is -0.156. The molecule has 0 aromatic rings. The molecule has 0 aromatic heterocycles. The Morgan fingerprint density at radius 2 is 1.79 bits per heavy atom. The van der Waals surface area contributed by atoms with E-state index in [2.05, 4.69) is 34.6 Å². The lowest BCUT2D eigenvalue weighted by atomic mass is 9.77. The van der Waals surface area contributed by atoms with Gasteiger partial charge < -0.3 is 24.4 Å². The Bertz CT molecular complexity index is 966. The smallest absolute Gasteiger partial charge is 0.312 e. The molecule has 0 saturated carbocycles. The lowest BCUT2D eigenvalue weighted by Crippen LogP contribution is -2.59. The van der Waals surface area contributed by atoms with Gasteiger partial charge in [-0.1, -0.05) is 45.1 Å². The zero-order chi connectivity index (χ0) is 27.7. The van der Waals surface area contributed by atoms with Crippen LogP contribution in [0.15, 0.2) is 24.3 Å². The SMILES string of the molecule is CC(C)(C)CC(C)(C)N1CC=C[C@]23O[C@@H]4/C=C\CCCCOC(=O)[C@@H]4[C@H]2C(=O)N(CCCCCO)C3C1=O. The second kappa shape index (κ2) is 11.1. The summed E-state index contributed by atoms with van der Waals surface area (Å²) < 4.78 is 12.3. The summed E-state index contributed by atoms with van der Waals surface area (Å²) in [6, 6.07) is -0.856. The zero-order valence-corrected chi connectivity index (χ0v) is 23.8. The number of nitrogens with zero attached hydrogens (tertiary/aromatic N) is 2. The van der Waals surface area contributed by atoms with Crippen LogP contribution in [0.25, 0.3) is 0 Å². The standard InChI is InChI=1S/C30H46N2O6/c1-28(2,3)20-29(4,5)32-17-13-15-30-23(22-21(38-30)14-9-6-7-12-19-37-27(22)36)25(34)31(24(30)26(32)35)16-10-8-11-18-33/h9,13-15,21-24,33H,6-8,10-12,16-20H2,1-5H3/b14-9-/t21-,22+,23+,24?,30+/m1/s1. The van der Waals surface area contributed by atoms with Crippen LogP contribution in [0.2, 0.25) is 0 Å². The Labute approximate surface area is 227 Å². The average Bonchev–Trinajstić information content (AvgIpc) is 3.19. The highest BCUT2D eigenvalue weighted by Crippen LogP contribution is 2.53. The van der Waals surface area contributed by atoms with Crippen LogP contribution in [-0.2, 0) is 23.9 Å². The number of likely N-dealkylation sites (tertiary alicyclic amines) is 1. The number of cyclic esters (lactones) is 1. The molecule has 0 bridgehead atoms. The second-order valence-corrected chi connectivity index (χ2v) is 13.2. The van der Waals surface area contributed by atoms with Crippen LogP contribution in [0.5, 0.6) is 0 Å². The van der Waals surface area contributed by atoms with E-state index >= 15 is 0 Å². The van der Waals surface area contributed by atoms with E-state index < -0.39 is 41.1 Å². The van der Waals surface area contributed by atoms with Gasteiger partial charge in [-0.3, -0.25) is 14.4 Å². The fourth-order valence-corrected chi connectivity index (χ4v) is 7.16. The fraction of sp³-hybridized carbons (Fsp3) is 0.767. The second-order valence-electron chi connectivity index (χ2n) is 13.2. The number of ether oxygens (including phenoxy) is 2. The number of hydrogen-bond donors (Lipinski definition) is 1. The third-order valence-electron chi connectivity index (χ3n) is 8.35. The first-order valence-corrected chi connectivity index (χ1v) is 14.3. The molecule has 5 atom stereocenters. The number of hydrogen-bond acceptors (Lipinski definition) is 6. The van der Waals surface area contributed by atoms with Crippen LogP contribution >= 0.6 is 0 Å². The van der Waals surface area contributed by atoms with E-state index in [1.807, 2.05) is 29.2 Å². The van der Waals surface area contributed by atoms with Crippen molar-refractivity contribution >= 4 is 17.8 Å². The Balaban J connectivity index is 1.76. The van der Waals surface area contributed by atoms with Gasteiger partial charge in [-0.25, -0.2) is 0 Å². The van der Waals surface area contributed by atoms with E-state index in [-0.39, 0.29) is 23.8 Å². The topological polar surface area (TPSA) is 96.4 Å². The summed E-state index contributed by atoms with van der Waals surface area (Å²) in [6.45, 7) is 11.9. The van der Waals surface area contributed by atoms with Crippen LogP contribution < -0.4 is 0 Å². The van der Waals surface area contributed by atoms with Crippen molar-refractivity contribution in [3.05, 3.63) is 24.3 Å². The van der Waals surface area contributed by atoms with E-state index in [0.717, 1.165) is 32.1 Å². The third kappa shape index (κ3) is 5.44. The molecule has 4 aliphatic heterocycles. The number of esters is 1. The molecule has 1 spiro atoms. The van der Waals surface area contributed by atoms with Crippen molar-refractivity contribution in [1.29, 1.82) is 0 Å². The number of aliphatic hydroxyl groups is 1. The third-order valence-corrected chi connectivity index (χ3v) is 8.35. The molecular weight excluding hydrogens is 484 g/mol. The van der Waals surface area contributed by atoms with E-state index in [0.29, 0.717) is 32.5 Å². The van der Waals surface area contributed by atoms with Gasteiger partial charge in [-0.05, 0) is 64.2 Å². The minimum Gasteiger partial charge on any atom is -0.465 e. The van der Waals surface area contributed by atoms with Gasteiger partial charge in [-0.15, -0.1) is 0 Å². The first-order chi connectivity index (χ1) is 17.9. The number of carbonyl (C=O) groups is 3. The van der Waals surface area contributed by atoms with Gasteiger partial charge in [0.2, 0.25) is 11.8 Å². The summed E-state index contributed by atoms with van der Waals surface area (Å²) in [4.78, 5) is 45.6. The summed E-state index contributed by atoms with van der Waals surface area (Å²) in [7, 11) is 0. The van der Waals surface area contributed by atoms with Crippen molar-refractivity contribution in [2.45, 2.75) is 103 Å². The molecule has 4 heterocycles. The Morgan fingerprint density at radius 3 is 2.50 bits per heavy atom. The molecule has 0 aromatic carbocycles. The normalized spacial score (nSPS) is 32.9. The van der Waals surface area contributed by atoms with Gasteiger partial charge in [-0.2, -0.15) is 0 Å². The largest absolute Gasteiger partial charge is 0.465 e. The Kier molecular flexibility index (Phi) is 8.43. The van der Waals surface area contributed by atoms with Crippen molar-refractivity contribution in [2.75, 3.05) is 26.3 Å². The monoisotopic (exact) mass is 530 g/mol. The fourth-order valence-electron chi connectivity index (χ4n) is 7.16. The van der Waals surface area contributed by atoms with Gasteiger partial charge in [0.1, 0.15) is 17.6 Å². The van der Waals surface area contributed by atoms with Gasteiger partial charge in [0, 0.05) is 25.2 Å². The molecule has 8 nitrogen and oxygen atoms in total. The first-order valence-electron chi connectivity index (χ1n) is 14.3. The van der Waals surface area contributed by atoms with Crippen LogP contribution in [0.4, 0.5) is 0 Å². The highest BCUT2D eigenvalue weighted by molar-refractivity contribution is 5.99. The number of amides is 2. The van der Waals surface area contributed by atoms with Crippen LogP contribution in [-0.4, -0.2) is 82.3 Å². The van der Waals surface area contributed by atoms with Crippen molar-refractivity contribution in [2.24, 2.45) is 17.3 Å². The summed E-state index contributed by atoms with van der Waals surface area (Å²) in [5.74, 6) is -2.40. The van der Waals surface area contributed by atoms with Crippen LogP contribution in [0.3, 0.4) is 0 Å². The molecule has 2 amide bonds. The molecule has 38 heavy (non-hydrogen) atoms. The summed E-state index contributed by atoms with van der Waals surface area (Å²) in [5.41, 5.74) is -1.69. The van der Waals surface area contributed by atoms with Crippen molar-refractivity contribution in [3.63, 3.8) is 0 Å². The molecule has 1 N–H and O–H groups in total. The zero-order valence-electron chi connectivity index (χ0n) is 23.8. The molecule has 1 unspecified atom stereocenters. The number of carbonyl (C=O) groups excluding carboxylic acids is 3. The van der Waals surface area contributed by atoms with Crippen molar-refractivity contribution in [3.8, 4) is 0 Å². The molecule has 0 aliphatic carbocycles. The first kappa shape index (κ1) is 28.8. The Morgan fingerprint density at radius 1 is 1.03 bits per heavy atom. The number of fused-ring (bicyclic) bond motifs is 2. The summed E-state index contributed by atoms with van der Waals surface area (Å²) in [5, 5.41) is 9.25. The van der Waals surface area contributed by atoms with Gasteiger partial charge in [0.05, 0.1) is 18.6 Å². The van der Waals surface area contributed by atoms with Gasteiger partial charge in [0.15, 0.2) is 0 Å². The van der Waals surface area contributed by atoms with E-state index in [1.165, 1.54) is 0 Å². The summed E-state index contributed by atoms with van der Waals surface area (Å²) in [6.07, 6.45) is 12.5. The predicted molar refractivity (Wildman–Crippen MR) is 144 cm³/mol. The predicted octanol–water partition coefficient (Wildman–Crippen LogP) is 3.63. The van der Waals surface area contributed by atoms with Gasteiger partial charge >= 0.3 is 5.97 Å². The van der Waals surface area contributed by atoms with Gasteiger partial charge in [0.25, 0.3) is 0 Å². The maximum absolute atomic E-state index is 14.5. The Hall–Kier alpha value is -2.19. The minimum absolute atomic E-state index is 0.00360. The average molecular weight is 531 g/mol. The summed E-state index contributed by atoms with van der Waals surface area (Å²) >= 11 is 0. The molecule has 2 fully saturated rings. The quantitative estimate of drug-likeness (QED) is 0.307. The van der Waals surface area contributed by atoms with Crippen LogP contribution in [0, 0.1) is 17.3 Å². The van der Waals surface area contributed by atoms with Crippen molar-refractivity contribution < 1.29 is 29.0 Å². The number of unbranched alkanes of at least 4 members (excludes halogenated alkanes) is 2.